The molecule has 0 amide bonds. The molecule has 7 rings (SSSR count). The molecule has 3 aliphatic rings. The third kappa shape index (κ3) is 4.01. The molecule has 4 aromatic rings. The zero-order valence-corrected chi connectivity index (χ0v) is 31.4. The average Bonchev–Trinajstić information content (AvgIpc) is 3.55. The average molecular weight is 772 g/mol. The fourth-order valence-electron chi connectivity index (χ4n) is 9.22. The second kappa shape index (κ2) is 10.3. The molecule has 0 N–H and O–H groups in total. The van der Waals surface area contributed by atoms with Gasteiger partial charge in [-0.15, -0.1) is 0 Å². The quantitative estimate of drug-likeness (QED) is 0.181. The van der Waals surface area contributed by atoms with Gasteiger partial charge in [0.05, 0.1) is 0 Å². The molecule has 1 saturated heterocycles. The van der Waals surface area contributed by atoms with Crippen molar-refractivity contribution >= 4 is 43.4 Å². The predicted molar refractivity (Wildman–Crippen MR) is 183 cm³/mol. The van der Waals surface area contributed by atoms with Gasteiger partial charge >= 0.3 is 269 Å². The maximum absolute atomic E-state index is 6.30. The Morgan fingerprint density at radius 3 is 1.31 bits per heavy atom. The van der Waals surface area contributed by atoms with E-state index in [9.17, 15) is 0 Å². The zero-order chi connectivity index (χ0) is 29.6. The molecule has 0 spiro atoms. The van der Waals surface area contributed by atoms with E-state index in [2.05, 4.69) is 110 Å². The van der Waals surface area contributed by atoms with E-state index < -0.39 is 28.0 Å². The fraction of sp³-hybridized carbons (Fsp3) is 0.263. The van der Waals surface area contributed by atoms with Crippen molar-refractivity contribution in [1.82, 2.24) is 0 Å². The molecule has 0 aromatic heterocycles. The Kier molecular flexibility index (Phi) is 7.06. The van der Waals surface area contributed by atoms with Crippen LogP contribution in [0.4, 0.5) is 0 Å². The Bertz CT molecular complexity index is 1650. The Morgan fingerprint density at radius 2 is 0.952 bits per heavy atom. The van der Waals surface area contributed by atoms with E-state index in [1.807, 2.05) is 34.7 Å². The Hall–Kier alpha value is -1.97. The summed E-state index contributed by atoms with van der Waals surface area (Å²) < 4.78 is 6.75. The normalized spacial score (nSPS) is 21.0. The van der Waals surface area contributed by atoms with Crippen molar-refractivity contribution in [3.63, 3.8) is 0 Å². The van der Waals surface area contributed by atoms with Crippen LogP contribution in [-0.2, 0) is 20.0 Å². The second-order valence-corrected chi connectivity index (χ2v) is 37.0. The van der Waals surface area contributed by atoms with Crippen LogP contribution in [0.2, 0.25) is 30.5 Å². The van der Waals surface area contributed by atoms with Gasteiger partial charge < -0.3 is 0 Å². The minimum absolute atomic E-state index is 0.614. The van der Waals surface area contributed by atoms with Gasteiger partial charge in [-0.2, -0.15) is 0 Å². The van der Waals surface area contributed by atoms with Crippen molar-refractivity contribution in [1.29, 1.82) is 0 Å². The molecular weight excluding hydrogens is 734 g/mol. The number of fused-ring (bicyclic) bond motifs is 6. The van der Waals surface area contributed by atoms with Gasteiger partial charge in [0.1, 0.15) is 0 Å². The Labute approximate surface area is 266 Å². The third-order valence-corrected chi connectivity index (χ3v) is 34.9. The first-order valence-electron chi connectivity index (χ1n) is 15.3. The van der Waals surface area contributed by atoms with Gasteiger partial charge in [0.2, 0.25) is 0 Å². The van der Waals surface area contributed by atoms with E-state index in [0.29, 0.717) is 18.4 Å². The summed E-state index contributed by atoms with van der Waals surface area (Å²) in [4.78, 5) is 0. The molecule has 42 heavy (non-hydrogen) atoms. The van der Waals surface area contributed by atoms with Crippen molar-refractivity contribution in [3.05, 3.63) is 128 Å². The zero-order valence-electron chi connectivity index (χ0n) is 25.3. The van der Waals surface area contributed by atoms with Crippen LogP contribution in [0.1, 0.15) is 57.3 Å². The molecule has 1 heterocycles. The third-order valence-electron chi connectivity index (χ3n) is 10.7. The predicted octanol–water partition coefficient (Wildman–Crippen LogP) is 12.5. The molecule has 4 aromatic carbocycles. The summed E-state index contributed by atoms with van der Waals surface area (Å²) in [6.07, 6.45) is 5.41. The Balaban J connectivity index is 1.50. The van der Waals surface area contributed by atoms with Crippen LogP contribution in [0.15, 0.2) is 95.3 Å². The molecule has 212 valence electrons. The summed E-state index contributed by atoms with van der Waals surface area (Å²) in [5.74, 6) is 0. The van der Waals surface area contributed by atoms with Crippen molar-refractivity contribution in [2.24, 2.45) is 0 Å². The molecule has 2 unspecified atom stereocenters. The van der Waals surface area contributed by atoms with Gasteiger partial charge in [-0.05, 0) is 0 Å². The summed E-state index contributed by atoms with van der Waals surface area (Å²) in [6.45, 7) is 10.1. The first kappa shape index (κ1) is 28.8. The SMILES string of the molecule is CC(C)[Si]1(C(C)C)C2=Cc3c(-c4ccc(Cl)cc4)cccc3[CH]2[Hf]([CH3])([CH3])[CH]2C1=Cc1c(-c3ccc(Cl)cc3)cccc12. The van der Waals surface area contributed by atoms with Crippen molar-refractivity contribution < 1.29 is 20.0 Å². The fourth-order valence-corrected chi connectivity index (χ4v) is 42.2. The van der Waals surface area contributed by atoms with Crippen LogP contribution >= 0.6 is 23.2 Å². The molecule has 0 nitrogen and oxygen atoms in total. The maximum atomic E-state index is 6.30. The summed E-state index contributed by atoms with van der Waals surface area (Å²) in [6, 6.07) is 31.1. The van der Waals surface area contributed by atoms with E-state index >= 15 is 0 Å². The molecule has 0 bridgehead atoms. The van der Waals surface area contributed by atoms with E-state index in [1.54, 1.807) is 11.1 Å². The van der Waals surface area contributed by atoms with E-state index in [4.69, 9.17) is 23.2 Å². The van der Waals surface area contributed by atoms with E-state index in [-0.39, 0.29) is 0 Å². The van der Waals surface area contributed by atoms with Crippen LogP contribution in [0, 0.1) is 0 Å². The number of allylic oxidation sites excluding steroid dienone is 2. The number of halogens is 2. The Morgan fingerprint density at radius 1 is 0.571 bits per heavy atom. The molecular formula is C38H38Cl2HfSi. The van der Waals surface area contributed by atoms with Crippen molar-refractivity contribution in [2.45, 2.75) is 55.5 Å². The summed E-state index contributed by atoms with van der Waals surface area (Å²) in [5.41, 5.74) is 12.6. The number of benzene rings is 4. The molecule has 1 fully saturated rings. The summed E-state index contributed by atoms with van der Waals surface area (Å²) >= 11 is 9.49. The topological polar surface area (TPSA) is 0 Å². The molecule has 2 aliphatic carbocycles. The number of hydrogen-bond acceptors (Lipinski definition) is 0. The van der Waals surface area contributed by atoms with Gasteiger partial charge in [0, 0.05) is 0 Å². The van der Waals surface area contributed by atoms with Crippen molar-refractivity contribution in [3.8, 4) is 22.3 Å². The van der Waals surface area contributed by atoms with Crippen LogP contribution in [0.25, 0.3) is 34.4 Å². The summed E-state index contributed by atoms with van der Waals surface area (Å²) in [7, 11) is -2.11. The minimum atomic E-state index is -3.12. The van der Waals surface area contributed by atoms with Crippen molar-refractivity contribution in [2.75, 3.05) is 0 Å². The van der Waals surface area contributed by atoms with Crippen LogP contribution < -0.4 is 0 Å². The molecule has 2 atom stereocenters. The molecule has 0 radical (unpaired) electrons. The van der Waals surface area contributed by atoms with Gasteiger partial charge in [0.15, 0.2) is 0 Å². The van der Waals surface area contributed by atoms with Gasteiger partial charge in [-0.3, -0.25) is 0 Å². The molecule has 1 aliphatic heterocycles. The van der Waals surface area contributed by atoms with Gasteiger partial charge in [0.25, 0.3) is 0 Å². The van der Waals surface area contributed by atoms with Crippen LogP contribution in [0.3, 0.4) is 0 Å². The monoisotopic (exact) mass is 772 g/mol. The van der Waals surface area contributed by atoms with Crippen LogP contribution in [0.5, 0.6) is 0 Å². The first-order chi connectivity index (χ1) is 20.1. The van der Waals surface area contributed by atoms with Gasteiger partial charge in [-0.25, -0.2) is 0 Å². The van der Waals surface area contributed by atoms with E-state index in [0.717, 1.165) is 10.0 Å². The summed E-state index contributed by atoms with van der Waals surface area (Å²) in [5, 5.41) is 5.25. The molecule has 0 saturated carbocycles. The standard InChI is InChI=1S/C36H32Cl2Si.2CH3.Hf/c1-23(2)39(24(3)4,31-19-27-7-5-9-33(35(27)21-31)25-11-15-29(37)16-12-25)32-20-28-8-6-10-34(36(28)22-32)26-13-17-30(38)18-14-26;;;/h5-24H,1-4H3;2*1H3;. The number of hydrogen-bond donors (Lipinski definition) is 0. The first-order valence-corrected chi connectivity index (χ1v) is 29.5. The van der Waals surface area contributed by atoms with Gasteiger partial charge in [-0.1, -0.05) is 0 Å². The molecule has 4 heteroatoms. The van der Waals surface area contributed by atoms with Crippen LogP contribution in [-0.4, -0.2) is 8.07 Å². The van der Waals surface area contributed by atoms with E-state index in [1.165, 1.54) is 33.4 Å². The second-order valence-electron chi connectivity index (χ2n) is 13.7. The number of rotatable bonds is 4.